The molecule has 0 aromatic heterocycles. The summed E-state index contributed by atoms with van der Waals surface area (Å²) in [5, 5.41) is 5.59. The zero-order chi connectivity index (χ0) is 16.6. The van der Waals surface area contributed by atoms with Crippen molar-refractivity contribution in [3.05, 3.63) is 29.3 Å². The van der Waals surface area contributed by atoms with Crippen molar-refractivity contribution >= 4 is 5.96 Å². The van der Waals surface area contributed by atoms with E-state index in [0.717, 1.165) is 16.9 Å². The Labute approximate surface area is 128 Å². The molecule has 0 heterocycles. The van der Waals surface area contributed by atoms with E-state index in [1.807, 2.05) is 32.0 Å². The second-order valence-corrected chi connectivity index (χ2v) is 4.79. The van der Waals surface area contributed by atoms with Gasteiger partial charge in [-0.3, -0.25) is 0 Å². The summed E-state index contributed by atoms with van der Waals surface area (Å²) in [6.45, 7) is 4.53. The van der Waals surface area contributed by atoms with E-state index in [0.29, 0.717) is 19.0 Å². The highest BCUT2D eigenvalue weighted by Gasteiger charge is 2.26. The second kappa shape index (κ2) is 8.51. The van der Waals surface area contributed by atoms with Gasteiger partial charge in [0.1, 0.15) is 5.75 Å². The largest absolute Gasteiger partial charge is 0.496 e. The van der Waals surface area contributed by atoms with Gasteiger partial charge in [-0.15, -0.1) is 0 Å². The SMILES string of the molecule is CCNC(=NCc1ccc(C)c(OC)c1)NCCC(F)(F)F. The Hall–Kier alpha value is -1.92. The first kappa shape index (κ1) is 18.1. The Balaban J connectivity index is 2.65. The second-order valence-electron chi connectivity index (χ2n) is 4.79. The van der Waals surface area contributed by atoms with Crippen molar-refractivity contribution in [3.63, 3.8) is 0 Å². The fourth-order valence-electron chi connectivity index (χ4n) is 1.80. The molecule has 2 N–H and O–H groups in total. The van der Waals surface area contributed by atoms with Crippen LogP contribution in [0, 0.1) is 6.92 Å². The summed E-state index contributed by atoms with van der Waals surface area (Å²) in [7, 11) is 1.60. The Bertz CT molecular complexity index is 501. The van der Waals surface area contributed by atoms with Gasteiger partial charge in [-0.05, 0) is 31.0 Å². The van der Waals surface area contributed by atoms with Gasteiger partial charge in [0.25, 0.3) is 0 Å². The first-order chi connectivity index (χ1) is 10.4. The van der Waals surface area contributed by atoms with Crippen molar-refractivity contribution in [2.45, 2.75) is 33.0 Å². The minimum atomic E-state index is -4.17. The van der Waals surface area contributed by atoms with E-state index in [9.17, 15) is 13.2 Å². The summed E-state index contributed by atoms with van der Waals surface area (Å²) in [4.78, 5) is 4.28. The van der Waals surface area contributed by atoms with Crippen LogP contribution in [0.25, 0.3) is 0 Å². The molecule has 22 heavy (non-hydrogen) atoms. The monoisotopic (exact) mass is 317 g/mol. The molecule has 0 bridgehead atoms. The first-order valence-electron chi connectivity index (χ1n) is 7.08. The number of nitrogens with one attached hydrogen (secondary N) is 2. The van der Waals surface area contributed by atoms with Crippen LogP contribution >= 0.6 is 0 Å². The topological polar surface area (TPSA) is 45.7 Å². The zero-order valence-electron chi connectivity index (χ0n) is 13.0. The van der Waals surface area contributed by atoms with Gasteiger partial charge < -0.3 is 15.4 Å². The first-order valence-corrected chi connectivity index (χ1v) is 7.08. The molecule has 1 aromatic rings. The number of guanidine groups is 1. The molecule has 0 spiro atoms. The third-order valence-corrected chi connectivity index (χ3v) is 2.94. The summed E-state index contributed by atoms with van der Waals surface area (Å²) in [6.07, 6.45) is -5.07. The number of halogens is 3. The fourth-order valence-corrected chi connectivity index (χ4v) is 1.80. The van der Waals surface area contributed by atoms with Gasteiger partial charge in [0, 0.05) is 13.1 Å². The van der Waals surface area contributed by atoms with E-state index in [1.54, 1.807) is 7.11 Å². The van der Waals surface area contributed by atoms with Gasteiger partial charge in [0.05, 0.1) is 20.1 Å². The van der Waals surface area contributed by atoms with Crippen molar-refractivity contribution in [1.29, 1.82) is 0 Å². The van der Waals surface area contributed by atoms with Crippen LogP contribution < -0.4 is 15.4 Å². The number of aliphatic imine (C=N–C) groups is 1. The molecule has 4 nitrogen and oxygen atoms in total. The average Bonchev–Trinajstić information content (AvgIpc) is 2.44. The molecule has 0 fully saturated rings. The number of alkyl halides is 3. The molecule has 0 atom stereocenters. The van der Waals surface area contributed by atoms with Gasteiger partial charge in [0.2, 0.25) is 0 Å². The maximum Gasteiger partial charge on any atom is 0.390 e. The zero-order valence-corrected chi connectivity index (χ0v) is 13.0. The van der Waals surface area contributed by atoms with Crippen LogP contribution in [0.15, 0.2) is 23.2 Å². The predicted molar refractivity (Wildman–Crippen MR) is 81.2 cm³/mol. The Morgan fingerprint density at radius 1 is 1.27 bits per heavy atom. The number of rotatable bonds is 6. The highest BCUT2D eigenvalue weighted by molar-refractivity contribution is 5.79. The van der Waals surface area contributed by atoms with Gasteiger partial charge in [-0.1, -0.05) is 12.1 Å². The molecule has 7 heteroatoms. The maximum atomic E-state index is 12.1. The van der Waals surface area contributed by atoms with E-state index in [1.165, 1.54) is 0 Å². The molecular formula is C15H22F3N3O. The lowest BCUT2D eigenvalue weighted by Crippen LogP contribution is -2.38. The molecule has 0 unspecified atom stereocenters. The number of methoxy groups -OCH3 is 1. The molecule has 1 aromatic carbocycles. The van der Waals surface area contributed by atoms with Gasteiger partial charge in [-0.2, -0.15) is 13.2 Å². The minimum absolute atomic E-state index is 0.202. The number of ether oxygens (including phenoxy) is 1. The van der Waals surface area contributed by atoms with E-state index < -0.39 is 12.6 Å². The van der Waals surface area contributed by atoms with Gasteiger partial charge in [-0.25, -0.2) is 4.99 Å². The smallest absolute Gasteiger partial charge is 0.390 e. The summed E-state index contributed by atoms with van der Waals surface area (Å²) >= 11 is 0. The normalized spacial score (nSPS) is 12.2. The summed E-state index contributed by atoms with van der Waals surface area (Å²) in [5.41, 5.74) is 1.95. The van der Waals surface area contributed by atoms with Crippen LogP contribution in [0.5, 0.6) is 5.75 Å². The average molecular weight is 317 g/mol. The maximum absolute atomic E-state index is 12.1. The van der Waals surface area contributed by atoms with Gasteiger partial charge >= 0.3 is 6.18 Å². The van der Waals surface area contributed by atoms with E-state index in [2.05, 4.69) is 15.6 Å². The molecule has 0 amide bonds. The third kappa shape index (κ3) is 6.69. The number of benzene rings is 1. The molecule has 0 aliphatic carbocycles. The van der Waals surface area contributed by atoms with Gasteiger partial charge in [0.15, 0.2) is 5.96 Å². The van der Waals surface area contributed by atoms with E-state index in [4.69, 9.17) is 4.74 Å². The number of aryl methyl sites for hydroxylation is 1. The summed E-state index contributed by atoms with van der Waals surface area (Å²) in [5.74, 6) is 1.13. The molecule has 124 valence electrons. The Morgan fingerprint density at radius 3 is 2.59 bits per heavy atom. The standard InChI is InChI=1S/C15H22F3N3O/c1-4-19-14(20-8-7-15(16,17)18)21-10-12-6-5-11(2)13(9-12)22-3/h5-6,9H,4,7-8,10H2,1-3H3,(H2,19,20,21). The highest BCUT2D eigenvalue weighted by Crippen LogP contribution is 2.19. The van der Waals surface area contributed by atoms with Crippen molar-refractivity contribution in [2.75, 3.05) is 20.2 Å². The van der Waals surface area contributed by atoms with Crippen LogP contribution in [-0.4, -0.2) is 32.3 Å². The number of nitrogens with zero attached hydrogens (tertiary/aromatic N) is 1. The predicted octanol–water partition coefficient (Wildman–Crippen LogP) is 3.01. The lowest BCUT2D eigenvalue weighted by Gasteiger charge is -2.12. The van der Waals surface area contributed by atoms with Crippen LogP contribution in [0.1, 0.15) is 24.5 Å². The van der Waals surface area contributed by atoms with Crippen molar-refractivity contribution < 1.29 is 17.9 Å². The van der Waals surface area contributed by atoms with Crippen molar-refractivity contribution in [3.8, 4) is 5.75 Å². The summed E-state index contributed by atoms with van der Waals surface area (Å²) in [6, 6.07) is 5.71. The fraction of sp³-hybridized carbons (Fsp3) is 0.533. The van der Waals surface area contributed by atoms with Crippen LogP contribution in [0.4, 0.5) is 13.2 Å². The number of hydrogen-bond acceptors (Lipinski definition) is 2. The van der Waals surface area contributed by atoms with Crippen LogP contribution in [0.2, 0.25) is 0 Å². The van der Waals surface area contributed by atoms with Crippen molar-refractivity contribution in [2.24, 2.45) is 4.99 Å². The third-order valence-electron chi connectivity index (χ3n) is 2.94. The van der Waals surface area contributed by atoms with Crippen LogP contribution in [0.3, 0.4) is 0 Å². The van der Waals surface area contributed by atoms with Crippen LogP contribution in [-0.2, 0) is 6.54 Å². The highest BCUT2D eigenvalue weighted by atomic mass is 19.4. The molecule has 1 rings (SSSR count). The molecule has 0 radical (unpaired) electrons. The molecule has 0 aliphatic heterocycles. The number of hydrogen-bond donors (Lipinski definition) is 2. The van der Waals surface area contributed by atoms with E-state index >= 15 is 0 Å². The lowest BCUT2D eigenvalue weighted by molar-refractivity contribution is -0.132. The molecule has 0 saturated carbocycles. The minimum Gasteiger partial charge on any atom is -0.496 e. The quantitative estimate of drug-likeness (QED) is 0.626. The Morgan fingerprint density at radius 2 is 2.00 bits per heavy atom. The molecule has 0 saturated heterocycles. The Kier molecular flexibility index (Phi) is 7.01. The molecule has 0 aliphatic rings. The summed E-state index contributed by atoms with van der Waals surface area (Å²) < 4.78 is 41.7. The lowest BCUT2D eigenvalue weighted by atomic mass is 10.1. The molecular weight excluding hydrogens is 295 g/mol. The van der Waals surface area contributed by atoms with Crippen molar-refractivity contribution in [1.82, 2.24) is 10.6 Å². The van der Waals surface area contributed by atoms with E-state index in [-0.39, 0.29) is 6.54 Å².